The highest BCUT2D eigenvalue weighted by Gasteiger charge is 2.25. The molecule has 9 rings (SSSR count). The van der Waals surface area contributed by atoms with Gasteiger partial charge >= 0.3 is 0 Å². The first-order chi connectivity index (χ1) is 26.4. The maximum absolute atomic E-state index is 6.93. The van der Waals surface area contributed by atoms with E-state index in [0.29, 0.717) is 17.5 Å². The highest BCUT2D eigenvalue weighted by Crippen LogP contribution is 2.40. The third-order valence-corrected chi connectivity index (χ3v) is 12.6. The van der Waals surface area contributed by atoms with Crippen LogP contribution >= 0.6 is 0 Å². The molecule has 0 radical (unpaired) electrons. The first kappa shape index (κ1) is 35.4. The second-order valence-corrected chi connectivity index (χ2v) is 15.7. The van der Waals surface area contributed by atoms with E-state index in [1.807, 2.05) is 18.2 Å². The zero-order valence-electron chi connectivity index (χ0n) is 33.7. The van der Waals surface area contributed by atoms with E-state index in [4.69, 9.17) is 19.4 Å². The Labute approximate surface area is 331 Å². The average molecular weight is 695 g/mol. The summed E-state index contributed by atoms with van der Waals surface area (Å²) in [5.74, 6) is 1.90. The number of hydrogen-bond donors (Lipinski definition) is 0. The molecule has 3 heterocycles. The van der Waals surface area contributed by atoms with Gasteiger partial charge in [-0.25, -0.2) is 15.0 Å². The number of benzene rings is 6. The molecule has 0 amide bonds. The van der Waals surface area contributed by atoms with Gasteiger partial charge in [-0.05, 0) is 29.0 Å². The number of rotatable bonds is 4. The monoisotopic (exact) mass is 696 g/mol. The van der Waals surface area contributed by atoms with E-state index in [0.717, 1.165) is 44.3 Å². The van der Waals surface area contributed by atoms with Gasteiger partial charge in [0.05, 0.1) is 16.6 Å². The highest BCUT2D eigenvalue weighted by molar-refractivity contribution is 6.69. The van der Waals surface area contributed by atoms with Crippen molar-refractivity contribution in [1.29, 1.82) is 0 Å². The Morgan fingerprint density at radius 3 is 1.62 bits per heavy atom. The van der Waals surface area contributed by atoms with E-state index in [1.54, 1.807) is 0 Å². The van der Waals surface area contributed by atoms with Crippen LogP contribution in [0.1, 0.15) is 0 Å². The number of fused-ring (bicyclic) bond motifs is 6. The Bertz CT molecular complexity index is 3030. The van der Waals surface area contributed by atoms with Crippen molar-refractivity contribution in [2.75, 3.05) is 0 Å². The fourth-order valence-corrected chi connectivity index (χ4v) is 9.04. The molecule has 250 valence electrons. The van der Waals surface area contributed by atoms with Gasteiger partial charge in [0.15, 0.2) is 17.5 Å². The molecule has 0 saturated heterocycles. The quantitative estimate of drug-likeness (QED) is 0.172. The molecule has 0 unspecified atom stereocenters. The summed E-state index contributed by atoms with van der Waals surface area (Å²) in [6, 6.07) is 27.7. The van der Waals surface area contributed by atoms with Gasteiger partial charge < -0.3 is 8.98 Å². The molecule has 0 aliphatic heterocycles. The molecule has 0 fully saturated rings. The van der Waals surface area contributed by atoms with Crippen LogP contribution in [-0.4, -0.2) is 106 Å². The molecule has 55 heavy (non-hydrogen) atoms. The summed E-state index contributed by atoms with van der Waals surface area (Å²) in [4.78, 5) is 15.6. The van der Waals surface area contributed by atoms with Gasteiger partial charge in [-0.1, -0.05) is 104 Å². The fourth-order valence-electron chi connectivity index (χ4n) is 9.04. The van der Waals surface area contributed by atoms with Crippen molar-refractivity contribution in [2.24, 2.45) is 0 Å². The Morgan fingerprint density at radius 2 is 1.00 bits per heavy atom. The normalized spacial score (nSPS) is 11.7. The summed E-state index contributed by atoms with van der Waals surface area (Å²) in [5, 5.41) is 4.77. The number of para-hydroxylation sites is 1. The van der Waals surface area contributed by atoms with E-state index in [9.17, 15) is 0 Å². The second kappa shape index (κ2) is 12.9. The molecular weight excluding hydrogens is 659 g/mol. The molecule has 3 aromatic heterocycles. The molecule has 0 saturated carbocycles. The summed E-state index contributed by atoms with van der Waals surface area (Å²) in [7, 11) is 24.4. The third kappa shape index (κ3) is 5.20. The first-order valence-corrected chi connectivity index (χ1v) is 19.2. The Hall–Kier alpha value is -5.36. The molecule has 5 nitrogen and oxygen atoms in total. The van der Waals surface area contributed by atoms with Gasteiger partial charge in [-0.2, -0.15) is 0 Å². The summed E-state index contributed by atoms with van der Waals surface area (Å²) in [5.41, 5.74) is 22.0. The summed E-state index contributed by atoms with van der Waals surface area (Å²) >= 11 is 0. The van der Waals surface area contributed by atoms with E-state index in [1.165, 1.54) is 81.9 Å². The fraction of sp³-hybridized carbons (Fsp3) is 0. The van der Waals surface area contributed by atoms with E-state index < -0.39 is 0 Å². The summed E-state index contributed by atoms with van der Waals surface area (Å²) < 4.78 is 9.43. The van der Waals surface area contributed by atoms with Crippen LogP contribution in [0.15, 0.2) is 83.3 Å². The van der Waals surface area contributed by atoms with Gasteiger partial charge in [0, 0.05) is 27.5 Å². The van der Waals surface area contributed by atoms with Crippen LogP contribution in [0.4, 0.5) is 0 Å². The van der Waals surface area contributed by atoms with Crippen molar-refractivity contribution in [3.63, 3.8) is 0 Å². The molecular formula is C39H35B11N4O. The van der Waals surface area contributed by atoms with Crippen LogP contribution in [0.3, 0.4) is 0 Å². The van der Waals surface area contributed by atoms with Crippen LogP contribution in [0.2, 0.25) is 0 Å². The van der Waals surface area contributed by atoms with Gasteiger partial charge in [-0.15, -0.1) is 16.4 Å². The molecule has 0 N–H and O–H groups in total. The molecule has 0 aliphatic rings. The molecule has 6 aromatic carbocycles. The molecule has 0 aliphatic carbocycles. The van der Waals surface area contributed by atoms with Crippen molar-refractivity contribution >= 4 is 190 Å². The van der Waals surface area contributed by atoms with Crippen molar-refractivity contribution in [3.8, 4) is 39.9 Å². The minimum atomic E-state index is 0.588. The van der Waals surface area contributed by atoms with Crippen LogP contribution in [-0.2, 0) is 0 Å². The predicted octanol–water partition coefficient (Wildman–Crippen LogP) is -9.29. The predicted molar refractivity (Wildman–Crippen MR) is 268 cm³/mol. The zero-order chi connectivity index (χ0) is 38.6. The van der Waals surface area contributed by atoms with Crippen LogP contribution < -0.4 is 60.1 Å². The van der Waals surface area contributed by atoms with Gasteiger partial charge in [0.25, 0.3) is 0 Å². The second-order valence-electron chi connectivity index (χ2n) is 15.7. The van der Waals surface area contributed by atoms with Crippen LogP contribution in [0.5, 0.6) is 0 Å². The van der Waals surface area contributed by atoms with Gasteiger partial charge in [-0.3, -0.25) is 0 Å². The van der Waals surface area contributed by atoms with Crippen molar-refractivity contribution < 1.29 is 4.42 Å². The first-order valence-electron chi connectivity index (χ1n) is 19.2. The topological polar surface area (TPSA) is 56.7 Å². The van der Waals surface area contributed by atoms with Gasteiger partial charge in [0.1, 0.15) is 97.5 Å². The lowest BCUT2D eigenvalue weighted by molar-refractivity contribution is 0.669. The van der Waals surface area contributed by atoms with E-state index in [-0.39, 0.29) is 0 Å². The minimum absolute atomic E-state index is 0.588. The largest absolute Gasteiger partial charge is 0.455 e. The summed E-state index contributed by atoms with van der Waals surface area (Å²) in [6.45, 7) is 0. The van der Waals surface area contributed by atoms with E-state index >= 15 is 0 Å². The third-order valence-electron chi connectivity index (χ3n) is 12.6. The number of aromatic nitrogens is 4. The molecule has 16 heteroatoms. The molecule has 0 atom stereocenters. The summed E-state index contributed by atoms with van der Waals surface area (Å²) in [6.07, 6.45) is 0. The average Bonchev–Trinajstić information content (AvgIpc) is 3.76. The van der Waals surface area contributed by atoms with Crippen LogP contribution in [0.25, 0.3) is 83.6 Å². The SMILES string of the molecule is Bc1cc(B)c2c(c1B)c1c(B)c(B)cc(B)c1n2-c1cccc2oc3c(-c4nc(-c5ccccc5)nc(-c5c(B)c(B)c(B)c(B)c5B)n4)cccc3c12. The molecule has 9 aromatic rings. The Kier molecular flexibility index (Phi) is 8.27. The molecule has 0 bridgehead atoms. The van der Waals surface area contributed by atoms with Crippen molar-refractivity contribution in [2.45, 2.75) is 0 Å². The minimum Gasteiger partial charge on any atom is -0.455 e. The van der Waals surface area contributed by atoms with Crippen molar-refractivity contribution in [1.82, 2.24) is 19.5 Å². The number of hydrogen-bond acceptors (Lipinski definition) is 4. The van der Waals surface area contributed by atoms with Gasteiger partial charge in [0.2, 0.25) is 0 Å². The maximum Gasteiger partial charge on any atom is 0.167 e. The van der Waals surface area contributed by atoms with Crippen LogP contribution in [0, 0.1) is 0 Å². The Morgan fingerprint density at radius 1 is 0.455 bits per heavy atom. The zero-order valence-corrected chi connectivity index (χ0v) is 33.7. The molecule has 0 spiro atoms. The lowest BCUT2D eigenvalue weighted by atomic mass is 9.60. The number of furan rings is 1. The maximum atomic E-state index is 6.93. The standard InChI is InChI=1S/C39H35B11N4O/c40-17-12-19(42)34-24(27(17)44)25-28(45)18(41)13-20(43)35(25)54(34)21-10-5-11-22-23(21)15-8-4-9-16(36(15)55-22)38-51-37(14-6-2-1-3-7-14)52-39(53-38)26-29(46)31(48)33(50)32(49)30(26)47/h1-13H,40-50H2. The smallest absolute Gasteiger partial charge is 0.167 e. The Balaban J connectivity index is 1.37. The highest BCUT2D eigenvalue weighted by atomic mass is 16.3. The van der Waals surface area contributed by atoms with E-state index in [2.05, 4.69) is 152 Å². The van der Waals surface area contributed by atoms with Crippen molar-refractivity contribution in [3.05, 3.63) is 78.9 Å². The number of nitrogens with zero attached hydrogens (tertiary/aromatic N) is 4. The lowest BCUT2D eigenvalue weighted by Crippen LogP contribution is -2.55. The lowest BCUT2D eigenvalue weighted by Gasteiger charge is -2.20.